The highest BCUT2D eigenvalue weighted by atomic mass is 16.4. The van der Waals surface area contributed by atoms with E-state index in [0.717, 1.165) is 24.8 Å². The number of para-hydroxylation sites is 1. The first-order valence-electron chi connectivity index (χ1n) is 9.76. The quantitative estimate of drug-likeness (QED) is 0.729. The van der Waals surface area contributed by atoms with Gasteiger partial charge < -0.3 is 20.0 Å². The van der Waals surface area contributed by atoms with Gasteiger partial charge in [0.2, 0.25) is 0 Å². The van der Waals surface area contributed by atoms with Crippen LogP contribution in [0.5, 0.6) is 0 Å². The zero-order chi connectivity index (χ0) is 19.7. The topological polar surface area (TPSA) is 92.3 Å². The number of nitrogens with zero attached hydrogens (tertiary/aromatic N) is 1. The number of nitrogens with one attached hydrogen (secondary N) is 1. The van der Waals surface area contributed by atoms with Crippen LogP contribution < -0.4 is 11.4 Å². The summed E-state index contributed by atoms with van der Waals surface area (Å²) in [5.74, 6) is 0.323. The number of rotatable bonds is 4. The molecular weight excluding hydrogens is 354 g/mol. The fourth-order valence-electron chi connectivity index (χ4n) is 4.00. The number of H-pyrrole nitrogens is 1. The zero-order valence-corrected chi connectivity index (χ0v) is 16.0. The average Bonchev–Trinajstić information content (AvgIpc) is 3.09. The summed E-state index contributed by atoms with van der Waals surface area (Å²) in [6.07, 6.45) is 5.11. The van der Waals surface area contributed by atoms with Crippen molar-refractivity contribution in [2.45, 2.75) is 38.6 Å². The number of benzene rings is 1. The van der Waals surface area contributed by atoms with Crippen molar-refractivity contribution in [3.8, 4) is 0 Å². The lowest BCUT2D eigenvalue weighted by Gasteiger charge is -2.30. The highest BCUT2D eigenvalue weighted by Gasteiger charge is 2.26. The third kappa shape index (κ3) is 3.60. The highest BCUT2D eigenvalue weighted by Crippen LogP contribution is 2.20. The summed E-state index contributed by atoms with van der Waals surface area (Å²) in [5.41, 5.74) is 8.47. The number of hydrogen-bond donors (Lipinski definition) is 2. The molecule has 1 aromatic carbocycles. The number of carbonyl (C=O) groups is 1. The van der Waals surface area contributed by atoms with Gasteiger partial charge in [0.15, 0.2) is 0 Å². The molecule has 1 saturated heterocycles. The van der Waals surface area contributed by atoms with Crippen molar-refractivity contribution >= 4 is 16.8 Å². The molecule has 0 bridgehead atoms. The fraction of sp³-hybridized carbons (Fsp3) is 0.364. The van der Waals surface area contributed by atoms with Gasteiger partial charge in [-0.1, -0.05) is 18.2 Å². The summed E-state index contributed by atoms with van der Waals surface area (Å²) >= 11 is 0. The number of carbonyl (C=O) groups excluding carboxylic acids is 1. The molecule has 0 radical (unpaired) electrons. The number of aryl methyl sites for hydroxylation is 3. The molecule has 4 rings (SSSR count). The van der Waals surface area contributed by atoms with Gasteiger partial charge in [0.25, 0.3) is 5.91 Å². The number of amides is 1. The minimum atomic E-state index is -0.557. The van der Waals surface area contributed by atoms with E-state index in [-0.39, 0.29) is 17.5 Å². The van der Waals surface area contributed by atoms with E-state index in [1.807, 2.05) is 30.5 Å². The van der Waals surface area contributed by atoms with Gasteiger partial charge in [0, 0.05) is 42.7 Å². The van der Waals surface area contributed by atoms with Crippen LogP contribution in [0.15, 0.2) is 45.7 Å². The van der Waals surface area contributed by atoms with Crippen molar-refractivity contribution in [3.05, 3.63) is 69.4 Å². The Morgan fingerprint density at radius 2 is 2.14 bits per heavy atom. The Morgan fingerprint density at radius 3 is 2.93 bits per heavy atom. The first-order chi connectivity index (χ1) is 13.5. The molecule has 1 amide bonds. The number of nitrogens with two attached hydrogens (primary N) is 1. The molecule has 0 aliphatic carbocycles. The Hall–Kier alpha value is -2.86. The Bertz CT molecular complexity index is 1070. The minimum absolute atomic E-state index is 0.0273. The van der Waals surface area contributed by atoms with E-state index in [1.165, 1.54) is 10.9 Å². The van der Waals surface area contributed by atoms with Gasteiger partial charge in [-0.05, 0) is 49.4 Å². The molecule has 2 aromatic heterocycles. The van der Waals surface area contributed by atoms with Gasteiger partial charge in [0.05, 0.1) is 0 Å². The van der Waals surface area contributed by atoms with Crippen LogP contribution in [0.1, 0.15) is 40.1 Å². The normalized spacial score (nSPS) is 17.2. The maximum Gasteiger partial charge on any atom is 0.349 e. The van der Waals surface area contributed by atoms with E-state index in [2.05, 4.69) is 11.1 Å². The molecule has 3 aromatic rings. The van der Waals surface area contributed by atoms with Crippen LogP contribution in [0, 0.1) is 6.92 Å². The smallest absolute Gasteiger partial charge is 0.349 e. The first-order valence-corrected chi connectivity index (χ1v) is 9.76. The van der Waals surface area contributed by atoms with Crippen LogP contribution in [0.3, 0.4) is 0 Å². The number of aromatic nitrogens is 1. The number of hydrogen-bond acceptors (Lipinski definition) is 4. The Balaban J connectivity index is 1.52. The van der Waals surface area contributed by atoms with Crippen LogP contribution in [0.4, 0.5) is 0 Å². The predicted molar refractivity (Wildman–Crippen MR) is 109 cm³/mol. The molecule has 0 saturated carbocycles. The Morgan fingerprint density at radius 1 is 1.32 bits per heavy atom. The van der Waals surface area contributed by atoms with Crippen LogP contribution in [-0.2, 0) is 12.8 Å². The van der Waals surface area contributed by atoms with Gasteiger partial charge in [-0.3, -0.25) is 4.79 Å². The summed E-state index contributed by atoms with van der Waals surface area (Å²) in [6.45, 7) is 2.91. The van der Waals surface area contributed by atoms with Gasteiger partial charge in [-0.2, -0.15) is 0 Å². The van der Waals surface area contributed by atoms with E-state index >= 15 is 0 Å². The summed E-state index contributed by atoms with van der Waals surface area (Å²) in [7, 11) is 0. The molecule has 6 nitrogen and oxygen atoms in total. The van der Waals surface area contributed by atoms with E-state index in [9.17, 15) is 9.59 Å². The maximum absolute atomic E-state index is 12.8. The fourth-order valence-corrected chi connectivity index (χ4v) is 4.00. The minimum Gasteiger partial charge on any atom is -0.427 e. The number of piperidine rings is 1. The van der Waals surface area contributed by atoms with Gasteiger partial charge in [-0.15, -0.1) is 0 Å². The lowest BCUT2D eigenvalue weighted by molar-refractivity contribution is 0.0703. The van der Waals surface area contributed by atoms with E-state index in [0.29, 0.717) is 30.8 Å². The summed E-state index contributed by atoms with van der Waals surface area (Å²) < 4.78 is 5.49. The van der Waals surface area contributed by atoms with Gasteiger partial charge in [0.1, 0.15) is 11.3 Å². The lowest BCUT2D eigenvalue weighted by Crippen LogP contribution is -2.46. The molecule has 1 atom stereocenters. The largest absolute Gasteiger partial charge is 0.427 e. The number of likely N-dealkylation sites (tertiary alicyclic amines) is 1. The standard InChI is InChI=1S/C22H25N3O3/c1-14-11-17(9-8-15-12-24-19-7-3-2-6-18(15)19)28-22(27)20(14)21(26)25-10-4-5-16(23)13-25/h2-3,6-7,11-12,16,24H,4-5,8-10,13,23H2,1H3. The Kier molecular flexibility index (Phi) is 5.05. The first kappa shape index (κ1) is 18.5. The molecule has 6 heteroatoms. The molecule has 3 N–H and O–H groups in total. The second-order valence-electron chi connectivity index (χ2n) is 7.57. The SMILES string of the molecule is Cc1cc(CCc2c[nH]c3ccccc23)oc(=O)c1C(=O)N1CCCC(N)C1. The summed E-state index contributed by atoms with van der Waals surface area (Å²) in [5, 5.41) is 1.18. The van der Waals surface area contributed by atoms with Crippen molar-refractivity contribution < 1.29 is 9.21 Å². The molecule has 0 spiro atoms. The molecule has 146 valence electrons. The lowest BCUT2D eigenvalue weighted by atomic mass is 10.0. The second-order valence-corrected chi connectivity index (χ2v) is 7.57. The number of aromatic amines is 1. The van der Waals surface area contributed by atoms with E-state index in [1.54, 1.807) is 11.8 Å². The van der Waals surface area contributed by atoms with Crippen molar-refractivity contribution in [1.82, 2.24) is 9.88 Å². The van der Waals surface area contributed by atoms with E-state index < -0.39 is 5.63 Å². The molecule has 28 heavy (non-hydrogen) atoms. The number of fused-ring (bicyclic) bond motifs is 1. The third-order valence-electron chi connectivity index (χ3n) is 5.47. The maximum atomic E-state index is 12.8. The zero-order valence-electron chi connectivity index (χ0n) is 16.0. The second kappa shape index (κ2) is 7.64. The highest BCUT2D eigenvalue weighted by molar-refractivity contribution is 5.95. The molecular formula is C22H25N3O3. The average molecular weight is 379 g/mol. The van der Waals surface area contributed by atoms with Crippen molar-refractivity contribution in [2.24, 2.45) is 5.73 Å². The molecule has 1 aliphatic heterocycles. The van der Waals surface area contributed by atoms with Gasteiger partial charge in [-0.25, -0.2) is 4.79 Å². The van der Waals surface area contributed by atoms with Crippen molar-refractivity contribution in [3.63, 3.8) is 0 Å². The van der Waals surface area contributed by atoms with Crippen molar-refractivity contribution in [1.29, 1.82) is 0 Å². The van der Waals surface area contributed by atoms with Gasteiger partial charge >= 0.3 is 5.63 Å². The summed E-state index contributed by atoms with van der Waals surface area (Å²) in [6, 6.07) is 9.91. The van der Waals surface area contributed by atoms with Crippen LogP contribution in [-0.4, -0.2) is 34.9 Å². The predicted octanol–water partition coefficient (Wildman–Crippen LogP) is 2.78. The molecule has 1 fully saturated rings. The monoisotopic (exact) mass is 379 g/mol. The Labute approximate surface area is 163 Å². The third-order valence-corrected chi connectivity index (χ3v) is 5.47. The summed E-state index contributed by atoms with van der Waals surface area (Å²) in [4.78, 5) is 30.3. The van der Waals surface area contributed by atoms with Crippen LogP contribution in [0.25, 0.3) is 10.9 Å². The van der Waals surface area contributed by atoms with Crippen LogP contribution in [0.2, 0.25) is 0 Å². The molecule has 1 aliphatic rings. The van der Waals surface area contributed by atoms with Crippen molar-refractivity contribution in [2.75, 3.05) is 13.1 Å². The molecule has 1 unspecified atom stereocenters. The molecule has 3 heterocycles. The van der Waals surface area contributed by atoms with Crippen LogP contribution >= 0.6 is 0 Å². The van der Waals surface area contributed by atoms with E-state index in [4.69, 9.17) is 10.2 Å².